The number of nitrogens with one attached hydrogen (secondary N) is 4. The van der Waals surface area contributed by atoms with Crippen LogP contribution in [0.15, 0.2) is 42.7 Å². The van der Waals surface area contributed by atoms with Gasteiger partial charge in [-0.1, -0.05) is 27.7 Å². The van der Waals surface area contributed by atoms with Crippen LogP contribution >= 0.6 is 0 Å². The van der Waals surface area contributed by atoms with E-state index in [2.05, 4.69) is 31.6 Å². The average molecular weight is 796 g/mol. The molecule has 58 heavy (non-hydrogen) atoms. The zero-order chi connectivity index (χ0) is 40.8. The van der Waals surface area contributed by atoms with Gasteiger partial charge in [0.25, 0.3) is 0 Å². The van der Waals surface area contributed by atoms with Gasteiger partial charge in [-0.3, -0.25) is 9.59 Å². The first-order valence-electron chi connectivity index (χ1n) is 19.9. The van der Waals surface area contributed by atoms with Crippen LogP contribution in [-0.2, 0) is 14.3 Å². The molecule has 4 atom stereocenters. The second-order valence-corrected chi connectivity index (χ2v) is 15.9. The van der Waals surface area contributed by atoms with Crippen LogP contribution in [0.1, 0.15) is 77.1 Å². The van der Waals surface area contributed by atoms with Gasteiger partial charge in [0.2, 0.25) is 11.8 Å². The predicted octanol–water partition coefficient (Wildman–Crippen LogP) is 6.10. The molecule has 0 radical (unpaired) electrons. The summed E-state index contributed by atoms with van der Waals surface area (Å²) < 4.78 is 17.5. The number of methoxy groups -OCH3 is 1. The van der Waals surface area contributed by atoms with E-state index in [1.165, 1.54) is 7.11 Å². The van der Waals surface area contributed by atoms with Crippen molar-refractivity contribution >= 4 is 35.4 Å². The number of ether oxygens (including phenoxy) is 3. The quantitative estimate of drug-likeness (QED) is 0.124. The van der Waals surface area contributed by atoms with Crippen LogP contribution in [0.25, 0.3) is 22.5 Å². The van der Waals surface area contributed by atoms with Gasteiger partial charge in [-0.2, -0.15) is 0 Å². The minimum Gasteiger partial charge on any atom is -0.489 e. The number of aromatic nitrogens is 4. The molecule has 4 aliphatic heterocycles. The van der Waals surface area contributed by atoms with Crippen molar-refractivity contribution in [3.05, 3.63) is 54.4 Å². The highest BCUT2D eigenvalue weighted by molar-refractivity contribution is 5.89. The van der Waals surface area contributed by atoms with E-state index in [0.29, 0.717) is 55.1 Å². The molecule has 0 spiro atoms. The van der Waals surface area contributed by atoms with E-state index in [1.807, 2.05) is 52.0 Å². The maximum atomic E-state index is 13.7. The van der Waals surface area contributed by atoms with E-state index in [0.717, 1.165) is 59.6 Å². The first-order valence-corrected chi connectivity index (χ1v) is 19.9. The average Bonchev–Trinajstić information content (AvgIpc) is 4.05. The number of anilines is 2. The number of alkyl carbamates (subject to hydrolysis) is 1. The van der Waals surface area contributed by atoms with Crippen molar-refractivity contribution in [1.82, 2.24) is 40.4 Å². The molecule has 4 aliphatic rings. The fraction of sp³-hybridized carbons (Fsp3) is 0.463. The van der Waals surface area contributed by atoms with Crippen molar-refractivity contribution in [2.75, 3.05) is 38.3 Å². The largest absolute Gasteiger partial charge is 0.489 e. The highest BCUT2D eigenvalue weighted by atomic mass is 16.5. The Bertz CT molecular complexity index is 2230. The number of fused-ring (bicyclic) bond motifs is 2. The Morgan fingerprint density at radius 1 is 0.793 bits per heavy atom. The number of imidazole rings is 2. The Kier molecular flexibility index (Phi) is 10.4. The number of hydrogen-bond donors (Lipinski definition) is 5. The lowest BCUT2D eigenvalue weighted by Crippen LogP contribution is -2.51. The summed E-state index contributed by atoms with van der Waals surface area (Å²) in [5, 5.41) is 14.4. The second kappa shape index (κ2) is 15.6. The Hall–Kier alpha value is -6.26. The summed E-state index contributed by atoms with van der Waals surface area (Å²) in [5.74, 6) is 2.55. The van der Waals surface area contributed by atoms with Crippen molar-refractivity contribution < 1.29 is 38.5 Å². The minimum absolute atomic E-state index is 0.136. The summed E-state index contributed by atoms with van der Waals surface area (Å²) in [7, 11) is 1.28. The number of rotatable bonds is 10. The molecule has 0 saturated carbocycles. The predicted molar refractivity (Wildman–Crippen MR) is 212 cm³/mol. The number of H-pyrrole nitrogens is 2. The molecule has 0 bridgehead atoms. The van der Waals surface area contributed by atoms with Gasteiger partial charge >= 0.3 is 12.2 Å². The maximum Gasteiger partial charge on any atom is 0.407 e. The number of aromatic amines is 2. The maximum absolute atomic E-state index is 13.7. The number of carboxylic acid groups (broad SMARTS) is 1. The molecule has 6 heterocycles. The molecule has 2 aromatic heterocycles. The van der Waals surface area contributed by atoms with Crippen LogP contribution in [0.5, 0.6) is 17.2 Å². The molecule has 2 fully saturated rings. The van der Waals surface area contributed by atoms with Crippen LogP contribution in [0.3, 0.4) is 0 Å². The number of likely N-dealkylation sites (tertiary alicyclic amines) is 2. The van der Waals surface area contributed by atoms with Gasteiger partial charge < -0.3 is 54.6 Å². The minimum atomic E-state index is -1.22. The Morgan fingerprint density at radius 3 is 1.97 bits per heavy atom. The van der Waals surface area contributed by atoms with Crippen LogP contribution in [-0.4, -0.2) is 104 Å². The molecule has 8 rings (SSSR count). The molecule has 4 amide bonds. The van der Waals surface area contributed by atoms with Crippen molar-refractivity contribution in [3.8, 4) is 39.8 Å². The first-order chi connectivity index (χ1) is 27.9. The molecule has 5 N–H and O–H groups in total. The topological polar surface area (TPSA) is 207 Å². The zero-order valence-corrected chi connectivity index (χ0v) is 33.2. The van der Waals surface area contributed by atoms with Gasteiger partial charge in [-0.15, -0.1) is 0 Å². The standard InChI is InChI=1S/C41H49N9O8/c1-21(2)33(46-40(53)54)38(51)49-12-6-8-27(49)36-42-19-25(44-36)23-10-11-30-29(16-23)48-14-15-57-31-17-24(18-32(58-30)35(31)48)26-20-43-37(45-26)28-9-7-13-50(28)39(52)34(22(3)4)47-41(55)56-5/h10-11,16-22,27-28,33-34,46H,6-9,12-15H2,1-5H3,(H,42,44)(H,43,45)(H,47,55)(H,53,54)/t27-,28-,33-,34-/m0/s1. The lowest BCUT2D eigenvalue weighted by molar-refractivity contribution is -0.136. The van der Waals surface area contributed by atoms with E-state index >= 15 is 0 Å². The monoisotopic (exact) mass is 795 g/mol. The molecule has 0 unspecified atom stereocenters. The lowest BCUT2D eigenvalue weighted by atomic mass is 10.0. The van der Waals surface area contributed by atoms with E-state index in [4.69, 9.17) is 24.2 Å². The number of hydrogen-bond acceptors (Lipinski definition) is 10. The SMILES string of the molecule is COC(=O)N[C@H](C(=O)N1CCC[C@H]1c1ncc(-c2cc3c4c(c2)Oc2ccc(-c5cnc([C@@H]6CCCN6C(=O)[C@@H](NC(=O)O)C(C)C)[nH]5)cc2N4CCO3)[nH]1)C(C)C. The molecular weight excluding hydrogens is 747 g/mol. The van der Waals surface area contributed by atoms with Gasteiger partial charge in [-0.25, -0.2) is 19.6 Å². The molecule has 2 aromatic carbocycles. The fourth-order valence-electron chi connectivity index (χ4n) is 8.53. The Morgan fingerprint density at radius 2 is 1.38 bits per heavy atom. The second-order valence-electron chi connectivity index (χ2n) is 15.9. The Labute approximate surface area is 335 Å². The Balaban J connectivity index is 1.01. The third-order valence-corrected chi connectivity index (χ3v) is 11.5. The summed E-state index contributed by atoms with van der Waals surface area (Å²) in [6.45, 7) is 9.58. The number of benzene rings is 2. The van der Waals surface area contributed by atoms with Gasteiger partial charge in [0, 0.05) is 24.2 Å². The van der Waals surface area contributed by atoms with E-state index in [-0.39, 0.29) is 35.7 Å². The van der Waals surface area contributed by atoms with Gasteiger partial charge in [0.05, 0.1) is 55.2 Å². The van der Waals surface area contributed by atoms with Crippen molar-refractivity contribution in [1.29, 1.82) is 0 Å². The summed E-state index contributed by atoms with van der Waals surface area (Å²) in [4.78, 5) is 72.7. The van der Waals surface area contributed by atoms with Gasteiger partial charge in [0.15, 0.2) is 11.5 Å². The first kappa shape index (κ1) is 38.6. The zero-order valence-electron chi connectivity index (χ0n) is 33.2. The summed E-state index contributed by atoms with van der Waals surface area (Å²) in [5.41, 5.74) is 4.95. The highest BCUT2D eigenvalue weighted by Gasteiger charge is 2.39. The fourth-order valence-corrected chi connectivity index (χ4v) is 8.53. The van der Waals surface area contributed by atoms with E-state index in [1.54, 1.807) is 22.2 Å². The smallest absolute Gasteiger partial charge is 0.407 e. The third-order valence-electron chi connectivity index (χ3n) is 11.5. The molecule has 2 saturated heterocycles. The van der Waals surface area contributed by atoms with Crippen LogP contribution in [0.4, 0.5) is 21.0 Å². The number of nitrogens with zero attached hydrogens (tertiary/aromatic N) is 5. The lowest BCUT2D eigenvalue weighted by Gasteiger charge is -2.37. The summed E-state index contributed by atoms with van der Waals surface area (Å²) >= 11 is 0. The molecule has 17 nitrogen and oxygen atoms in total. The van der Waals surface area contributed by atoms with Crippen LogP contribution in [0, 0.1) is 11.8 Å². The molecule has 306 valence electrons. The molecule has 17 heteroatoms. The molecule has 0 aliphatic carbocycles. The van der Waals surface area contributed by atoms with Crippen LogP contribution < -0.4 is 25.0 Å². The van der Waals surface area contributed by atoms with Gasteiger partial charge in [-0.05, 0) is 67.9 Å². The summed E-state index contributed by atoms with van der Waals surface area (Å²) in [6.07, 6.45) is 4.72. The van der Waals surface area contributed by atoms with E-state index < -0.39 is 24.3 Å². The van der Waals surface area contributed by atoms with E-state index in [9.17, 15) is 24.3 Å². The van der Waals surface area contributed by atoms with Crippen LogP contribution in [0.2, 0.25) is 0 Å². The van der Waals surface area contributed by atoms with Crippen molar-refractivity contribution in [3.63, 3.8) is 0 Å². The third kappa shape index (κ3) is 7.13. The van der Waals surface area contributed by atoms with Crippen molar-refractivity contribution in [2.24, 2.45) is 11.8 Å². The normalized spacial score (nSPS) is 19.3. The van der Waals surface area contributed by atoms with Gasteiger partial charge in [0.1, 0.15) is 41.8 Å². The summed E-state index contributed by atoms with van der Waals surface area (Å²) in [6, 6.07) is 7.77. The van der Waals surface area contributed by atoms with Crippen molar-refractivity contribution in [2.45, 2.75) is 77.5 Å². The molecular formula is C41H49N9O8. The number of amides is 4. The molecule has 4 aromatic rings. The number of carbonyl (C=O) groups is 4. The highest BCUT2D eigenvalue weighted by Crippen LogP contribution is 2.54. The number of carbonyl (C=O) groups excluding carboxylic acids is 3.